The zero-order valence-corrected chi connectivity index (χ0v) is 12.7. The van der Waals surface area contributed by atoms with Crippen molar-refractivity contribution in [3.8, 4) is 5.75 Å². The largest absolute Gasteiger partial charge is 0.506 e. The highest BCUT2D eigenvalue weighted by atomic mass is 127. The highest BCUT2D eigenvalue weighted by molar-refractivity contribution is 14.1. The van der Waals surface area contributed by atoms with Crippen molar-refractivity contribution < 1.29 is 5.11 Å². The van der Waals surface area contributed by atoms with Crippen molar-refractivity contribution in [3.63, 3.8) is 0 Å². The predicted octanol–water partition coefficient (Wildman–Crippen LogP) is 4.37. The normalized spacial score (nSPS) is 10.2. The molecule has 2 aromatic carbocycles. The molecule has 0 saturated carbocycles. The molecule has 0 heterocycles. The molecule has 0 amide bonds. The Hall–Kier alpha value is -0.750. The van der Waals surface area contributed by atoms with Crippen LogP contribution in [0.4, 0.5) is 5.69 Å². The molecule has 0 unspecified atom stereocenters. The lowest BCUT2D eigenvalue weighted by molar-refractivity contribution is 0.465. The van der Waals surface area contributed by atoms with Gasteiger partial charge < -0.3 is 10.4 Å². The first kappa shape index (κ1) is 12.7. The van der Waals surface area contributed by atoms with Crippen LogP contribution >= 0.6 is 38.5 Å². The van der Waals surface area contributed by atoms with E-state index in [9.17, 15) is 5.11 Å². The van der Waals surface area contributed by atoms with E-state index in [0.29, 0.717) is 12.3 Å². The Morgan fingerprint density at radius 1 is 1.18 bits per heavy atom. The van der Waals surface area contributed by atoms with Gasteiger partial charge in [0.15, 0.2) is 0 Å². The molecule has 2 aromatic rings. The number of benzene rings is 2. The summed E-state index contributed by atoms with van der Waals surface area (Å²) in [6, 6.07) is 13.8. The molecule has 0 fully saturated rings. The third-order valence-electron chi connectivity index (χ3n) is 2.38. The number of rotatable bonds is 3. The fourth-order valence-electron chi connectivity index (χ4n) is 1.50. The third-order valence-corrected chi connectivity index (χ3v) is 3.69. The summed E-state index contributed by atoms with van der Waals surface area (Å²) < 4.78 is 1.91. The number of hydrogen-bond acceptors (Lipinski definition) is 2. The van der Waals surface area contributed by atoms with Crippen molar-refractivity contribution in [1.29, 1.82) is 0 Å². The summed E-state index contributed by atoms with van der Waals surface area (Å²) in [5, 5.41) is 13.1. The van der Waals surface area contributed by atoms with Gasteiger partial charge >= 0.3 is 0 Å². The fraction of sp³-hybridized carbons (Fsp3) is 0.0769. The highest BCUT2D eigenvalue weighted by Crippen LogP contribution is 2.28. The number of aromatic hydroxyl groups is 1. The fourth-order valence-corrected chi connectivity index (χ4v) is 2.45. The second-order valence-electron chi connectivity index (χ2n) is 3.61. The molecule has 0 aliphatic rings. The number of nitrogens with one attached hydrogen (secondary N) is 1. The number of anilines is 1. The molecule has 0 spiro atoms. The van der Waals surface area contributed by atoms with Crippen LogP contribution in [-0.2, 0) is 6.54 Å². The molecule has 17 heavy (non-hydrogen) atoms. The topological polar surface area (TPSA) is 32.3 Å². The van der Waals surface area contributed by atoms with E-state index in [1.54, 1.807) is 0 Å². The molecule has 88 valence electrons. The molecule has 4 heteroatoms. The number of hydrogen-bond donors (Lipinski definition) is 2. The first-order valence-corrected chi connectivity index (χ1v) is 7.00. The van der Waals surface area contributed by atoms with Crippen LogP contribution in [0.1, 0.15) is 5.56 Å². The first-order chi connectivity index (χ1) is 8.16. The van der Waals surface area contributed by atoms with Gasteiger partial charge in [-0.2, -0.15) is 0 Å². The zero-order valence-electron chi connectivity index (χ0n) is 8.95. The summed E-state index contributed by atoms with van der Waals surface area (Å²) in [7, 11) is 0. The van der Waals surface area contributed by atoms with E-state index in [-0.39, 0.29) is 0 Å². The van der Waals surface area contributed by atoms with Crippen molar-refractivity contribution in [2.75, 3.05) is 5.32 Å². The van der Waals surface area contributed by atoms with Gasteiger partial charge in [0.25, 0.3) is 0 Å². The van der Waals surface area contributed by atoms with Gasteiger partial charge in [-0.25, -0.2) is 0 Å². The van der Waals surface area contributed by atoms with Crippen molar-refractivity contribution in [1.82, 2.24) is 0 Å². The number of para-hydroxylation sites is 1. The molecule has 0 saturated heterocycles. The van der Waals surface area contributed by atoms with E-state index in [2.05, 4.69) is 49.9 Å². The Balaban J connectivity index is 2.10. The van der Waals surface area contributed by atoms with E-state index in [4.69, 9.17) is 0 Å². The Labute approximate surface area is 122 Å². The van der Waals surface area contributed by atoms with Gasteiger partial charge in [0.05, 0.1) is 4.47 Å². The van der Waals surface area contributed by atoms with Crippen LogP contribution in [0.2, 0.25) is 0 Å². The maximum absolute atomic E-state index is 9.84. The van der Waals surface area contributed by atoms with E-state index < -0.39 is 0 Å². The molecule has 0 aliphatic carbocycles. The summed E-state index contributed by atoms with van der Waals surface area (Å²) in [6.07, 6.45) is 0. The zero-order chi connectivity index (χ0) is 12.3. The lowest BCUT2D eigenvalue weighted by Gasteiger charge is -2.09. The molecule has 2 rings (SSSR count). The Bertz CT molecular complexity index is 531. The predicted molar refractivity (Wildman–Crippen MR) is 82.3 cm³/mol. The van der Waals surface area contributed by atoms with E-state index in [1.165, 1.54) is 3.57 Å². The standard InChI is InChI=1S/C13H11BrINO/c14-12-6-1-3-9(13(12)17)8-16-11-5-2-4-10(15)7-11/h1-7,16-17H,8H2. The summed E-state index contributed by atoms with van der Waals surface area (Å²) in [5.41, 5.74) is 1.93. The minimum absolute atomic E-state index is 0.297. The molecule has 2 N–H and O–H groups in total. The van der Waals surface area contributed by atoms with E-state index in [0.717, 1.165) is 15.7 Å². The van der Waals surface area contributed by atoms with E-state index in [1.807, 2.05) is 36.4 Å². The average Bonchev–Trinajstić information content (AvgIpc) is 2.31. The quantitative estimate of drug-likeness (QED) is 0.745. The van der Waals surface area contributed by atoms with Crippen LogP contribution in [0.15, 0.2) is 46.9 Å². The van der Waals surface area contributed by atoms with Crippen LogP contribution in [-0.4, -0.2) is 5.11 Å². The lowest BCUT2D eigenvalue weighted by atomic mass is 10.2. The van der Waals surface area contributed by atoms with Crippen LogP contribution in [0.3, 0.4) is 0 Å². The summed E-state index contributed by atoms with van der Waals surface area (Å²) in [4.78, 5) is 0. The number of phenolic OH excluding ortho intramolecular Hbond substituents is 1. The van der Waals surface area contributed by atoms with Gasteiger partial charge in [0, 0.05) is 21.4 Å². The van der Waals surface area contributed by atoms with Crippen LogP contribution in [0.25, 0.3) is 0 Å². The van der Waals surface area contributed by atoms with Gasteiger partial charge in [-0.05, 0) is 62.8 Å². The number of phenols is 1. The summed E-state index contributed by atoms with van der Waals surface area (Å²) in [6.45, 7) is 0.603. The van der Waals surface area contributed by atoms with Crippen molar-refractivity contribution in [2.24, 2.45) is 0 Å². The minimum atomic E-state index is 0.297. The third kappa shape index (κ3) is 3.35. The number of halogens is 2. The van der Waals surface area contributed by atoms with Crippen LogP contribution in [0, 0.1) is 3.57 Å². The van der Waals surface area contributed by atoms with Gasteiger partial charge in [-0.3, -0.25) is 0 Å². The van der Waals surface area contributed by atoms with Crippen molar-refractivity contribution in [3.05, 3.63) is 56.1 Å². The van der Waals surface area contributed by atoms with Gasteiger partial charge in [-0.15, -0.1) is 0 Å². The Kier molecular flexibility index (Phi) is 4.28. The van der Waals surface area contributed by atoms with Gasteiger partial charge in [-0.1, -0.05) is 18.2 Å². The maximum Gasteiger partial charge on any atom is 0.134 e. The highest BCUT2D eigenvalue weighted by Gasteiger charge is 2.04. The summed E-state index contributed by atoms with van der Waals surface area (Å²) >= 11 is 5.58. The van der Waals surface area contributed by atoms with Gasteiger partial charge in [0.2, 0.25) is 0 Å². The molecule has 0 bridgehead atoms. The van der Waals surface area contributed by atoms with E-state index >= 15 is 0 Å². The lowest BCUT2D eigenvalue weighted by Crippen LogP contribution is -1.99. The maximum atomic E-state index is 9.84. The molecule has 0 aliphatic heterocycles. The smallest absolute Gasteiger partial charge is 0.134 e. The minimum Gasteiger partial charge on any atom is -0.506 e. The average molecular weight is 404 g/mol. The molecule has 0 radical (unpaired) electrons. The molecule has 2 nitrogen and oxygen atoms in total. The summed E-state index contributed by atoms with van der Waals surface area (Å²) in [5.74, 6) is 0.297. The molecule has 0 aromatic heterocycles. The second-order valence-corrected chi connectivity index (χ2v) is 5.71. The van der Waals surface area contributed by atoms with Crippen molar-refractivity contribution >= 4 is 44.2 Å². The van der Waals surface area contributed by atoms with Crippen molar-refractivity contribution in [2.45, 2.75) is 6.54 Å². The molecular weight excluding hydrogens is 393 g/mol. The SMILES string of the molecule is Oc1c(Br)cccc1CNc1cccc(I)c1. The first-order valence-electron chi connectivity index (χ1n) is 5.12. The molecule has 0 atom stereocenters. The Morgan fingerprint density at radius 3 is 2.71 bits per heavy atom. The van der Waals surface area contributed by atoms with Crippen LogP contribution in [0.5, 0.6) is 5.75 Å². The van der Waals surface area contributed by atoms with Crippen LogP contribution < -0.4 is 5.32 Å². The molecular formula is C13H11BrINO. The second kappa shape index (κ2) is 5.73. The monoisotopic (exact) mass is 403 g/mol. The van der Waals surface area contributed by atoms with Gasteiger partial charge in [0.1, 0.15) is 5.75 Å². The Morgan fingerprint density at radius 2 is 1.94 bits per heavy atom.